The third-order valence-corrected chi connectivity index (χ3v) is 1.36. The highest BCUT2D eigenvalue weighted by Crippen LogP contribution is 1.82. The summed E-state index contributed by atoms with van der Waals surface area (Å²) in [6.45, 7) is 0. The van der Waals surface area contributed by atoms with Gasteiger partial charge in [0, 0.05) is 0 Å². The molecule has 0 aromatic rings. The molecule has 4 heteroatoms. The van der Waals surface area contributed by atoms with Gasteiger partial charge in [-0.2, -0.15) is 0 Å². The molecule has 5 heavy (non-hydrogen) atoms. The smallest absolute Gasteiger partial charge is 0.243 e. The predicted octanol–water partition coefficient (Wildman–Crippen LogP) is 0.921. The third-order valence-electron chi connectivity index (χ3n) is 0.0931. The van der Waals surface area contributed by atoms with E-state index in [1.165, 1.54) is 0 Å². The van der Waals surface area contributed by atoms with Crippen LogP contribution in [0.5, 0.6) is 0 Å². The van der Waals surface area contributed by atoms with E-state index in [-0.39, 0.29) is 5.65 Å². The van der Waals surface area contributed by atoms with E-state index in [0.717, 1.165) is 0 Å². The van der Waals surface area contributed by atoms with Crippen LogP contribution in [0.25, 0.3) is 0 Å². The molecule has 1 unspecified atom stereocenters. The lowest BCUT2D eigenvalue weighted by molar-refractivity contribution is 0.266. The van der Waals surface area contributed by atoms with Gasteiger partial charge in [-0.25, -0.2) is 0 Å². The molecule has 2 nitrogen and oxygen atoms in total. The molecule has 1 amide bonds. The molecule has 1 atom stereocenters. The molecule has 0 radical (unpaired) electrons. The number of carbonyl (C=O) groups excluding carboxylic acids is 1. The van der Waals surface area contributed by atoms with Gasteiger partial charge in [-0.3, -0.25) is 8.32 Å². The first-order chi connectivity index (χ1) is 2.27. The number of nitrogens with one attached hydrogen (secondary N) is 1. The molecule has 0 aliphatic heterocycles. The van der Waals surface area contributed by atoms with Gasteiger partial charge in [-0.15, -0.1) is 0 Å². The molecule has 0 fully saturated rings. The van der Waals surface area contributed by atoms with Gasteiger partial charge in [0.2, 0.25) is 5.65 Å². The summed E-state index contributed by atoms with van der Waals surface area (Å²) < 4.78 is 2.32. The molecule has 30 valence electrons. The Hall–Kier alpha value is 0.630. The molecule has 1 N–H and O–H groups in total. The van der Waals surface area contributed by atoms with E-state index in [4.69, 9.17) is 0 Å². The summed E-state index contributed by atoms with van der Waals surface area (Å²) in [5.41, 5.74) is -0.0920. The van der Waals surface area contributed by atoms with Gasteiger partial charge >= 0.3 is 0 Å². The van der Waals surface area contributed by atoms with E-state index < -0.39 is 0 Å². The van der Waals surface area contributed by atoms with Gasteiger partial charge < -0.3 is 0 Å². The normalized spacial score (nSPS) is 6.80. The van der Waals surface area contributed by atoms with Crippen molar-refractivity contribution in [3.05, 3.63) is 0 Å². The summed E-state index contributed by atoms with van der Waals surface area (Å²) in [5.74, 6) is 0. The highest BCUT2D eigenvalue weighted by Gasteiger charge is 1.74. The van der Waals surface area contributed by atoms with Crippen molar-refractivity contribution in [2.75, 3.05) is 0 Å². The maximum Gasteiger partial charge on any atom is 0.243 e. The Balaban J connectivity index is 2.85. The van der Waals surface area contributed by atoms with Crippen molar-refractivity contribution < 1.29 is 4.79 Å². The van der Waals surface area contributed by atoms with Crippen molar-refractivity contribution in [3.8, 4) is 0 Å². The SMILES string of the molecule is O=C(P)NI. The van der Waals surface area contributed by atoms with Crippen LogP contribution >= 0.6 is 32.1 Å². The average Bonchev–Trinajstić information content (AvgIpc) is 1.38. The first-order valence-electron chi connectivity index (χ1n) is 0.932. The molecule has 0 saturated carbocycles. The fraction of sp³-hybridized carbons (Fsp3) is 0. The molecule has 0 aromatic heterocycles. The van der Waals surface area contributed by atoms with Gasteiger partial charge in [-0.1, -0.05) is 0 Å². The zero-order valence-electron chi connectivity index (χ0n) is 2.36. The quantitative estimate of drug-likeness (QED) is 0.354. The topological polar surface area (TPSA) is 29.1 Å². The van der Waals surface area contributed by atoms with Gasteiger partial charge in [0.15, 0.2) is 0 Å². The Morgan fingerprint density at radius 2 is 2.20 bits per heavy atom. The van der Waals surface area contributed by atoms with Crippen LogP contribution in [0.2, 0.25) is 0 Å². The number of halogens is 1. The van der Waals surface area contributed by atoms with Crippen LogP contribution in [0, 0.1) is 0 Å². The van der Waals surface area contributed by atoms with Crippen LogP contribution < -0.4 is 3.53 Å². The van der Waals surface area contributed by atoms with Crippen LogP contribution in [-0.4, -0.2) is 5.65 Å². The lowest BCUT2D eigenvalue weighted by Gasteiger charge is -1.76. The summed E-state index contributed by atoms with van der Waals surface area (Å²) in [6, 6.07) is 0. The Morgan fingerprint density at radius 1 is 2.00 bits per heavy atom. The minimum absolute atomic E-state index is 0.0920. The summed E-state index contributed by atoms with van der Waals surface area (Å²) in [5, 5.41) is 0. The van der Waals surface area contributed by atoms with E-state index in [1.54, 1.807) is 22.9 Å². The van der Waals surface area contributed by atoms with E-state index in [2.05, 4.69) is 3.53 Å². The molecule has 0 spiro atoms. The van der Waals surface area contributed by atoms with Gasteiger partial charge in [0.05, 0.1) is 22.9 Å². The molecule has 0 aromatic carbocycles. The zero-order chi connectivity index (χ0) is 4.28. The largest absolute Gasteiger partial charge is 0.296 e. The van der Waals surface area contributed by atoms with Crippen LogP contribution in [0.15, 0.2) is 0 Å². The number of rotatable bonds is 0. The van der Waals surface area contributed by atoms with Crippen molar-refractivity contribution >= 4 is 37.8 Å². The Kier molecular flexibility index (Phi) is 3.20. The standard InChI is InChI=1S/CH3INOP/c2-3-1(4)5/h5H2,(H,3,4). The summed E-state index contributed by atoms with van der Waals surface area (Å²) in [4.78, 5) is 9.66. The Labute approximate surface area is 46.4 Å². The van der Waals surface area contributed by atoms with Gasteiger partial charge in [-0.05, 0) is 9.24 Å². The zero-order valence-corrected chi connectivity index (χ0v) is 5.68. The lowest BCUT2D eigenvalue weighted by Crippen LogP contribution is -1.96. The van der Waals surface area contributed by atoms with Crippen LogP contribution in [0.1, 0.15) is 0 Å². The molecule has 0 aliphatic rings. The summed E-state index contributed by atoms with van der Waals surface area (Å²) >= 11 is 1.76. The minimum Gasteiger partial charge on any atom is -0.296 e. The van der Waals surface area contributed by atoms with E-state index in [1.807, 2.05) is 9.24 Å². The second-order valence-corrected chi connectivity index (χ2v) is 1.52. The second kappa shape index (κ2) is 2.85. The Morgan fingerprint density at radius 3 is 2.20 bits per heavy atom. The number of amides is 1. The predicted molar refractivity (Wildman–Crippen MR) is 32.3 cm³/mol. The lowest BCUT2D eigenvalue weighted by atomic mass is 11.5. The molecular formula is CH3INOP. The van der Waals surface area contributed by atoms with Gasteiger partial charge in [0.25, 0.3) is 0 Å². The highest BCUT2D eigenvalue weighted by atomic mass is 127. The first kappa shape index (κ1) is 5.63. The maximum absolute atomic E-state index is 9.66. The van der Waals surface area contributed by atoms with E-state index in [0.29, 0.717) is 0 Å². The summed E-state index contributed by atoms with van der Waals surface area (Å²) in [6.07, 6.45) is 0. The molecule has 0 aliphatic carbocycles. The first-order valence-corrected chi connectivity index (χ1v) is 2.59. The van der Waals surface area contributed by atoms with Crippen molar-refractivity contribution in [3.63, 3.8) is 0 Å². The highest BCUT2D eigenvalue weighted by molar-refractivity contribution is 14.1. The van der Waals surface area contributed by atoms with Crippen molar-refractivity contribution in [1.82, 2.24) is 3.53 Å². The molecule has 0 heterocycles. The minimum atomic E-state index is -0.0920. The fourth-order valence-electron chi connectivity index (χ4n) is 0. The van der Waals surface area contributed by atoms with Crippen LogP contribution in [0.4, 0.5) is 4.79 Å². The van der Waals surface area contributed by atoms with Crippen molar-refractivity contribution in [2.24, 2.45) is 0 Å². The van der Waals surface area contributed by atoms with Crippen molar-refractivity contribution in [1.29, 1.82) is 0 Å². The second-order valence-electron chi connectivity index (χ2n) is 0.459. The molecule has 0 rings (SSSR count). The van der Waals surface area contributed by atoms with E-state index in [9.17, 15) is 4.79 Å². The van der Waals surface area contributed by atoms with Gasteiger partial charge in [0.1, 0.15) is 0 Å². The molecule has 0 bridgehead atoms. The molecule has 0 saturated heterocycles. The monoisotopic (exact) mass is 203 g/mol. The number of hydrogen-bond acceptors (Lipinski definition) is 1. The average molecular weight is 203 g/mol. The maximum atomic E-state index is 9.66. The summed E-state index contributed by atoms with van der Waals surface area (Å²) in [7, 11) is 1.98. The third kappa shape index (κ3) is 4.63. The number of hydrogen-bond donors (Lipinski definition) is 1. The molecular weight excluding hydrogens is 200 g/mol. The Bertz CT molecular complexity index is 46.9. The van der Waals surface area contributed by atoms with Crippen LogP contribution in [-0.2, 0) is 0 Å². The van der Waals surface area contributed by atoms with Crippen LogP contribution in [0.3, 0.4) is 0 Å². The van der Waals surface area contributed by atoms with Crippen molar-refractivity contribution in [2.45, 2.75) is 0 Å². The van der Waals surface area contributed by atoms with E-state index >= 15 is 0 Å². The fourth-order valence-corrected chi connectivity index (χ4v) is 0. The number of carbonyl (C=O) groups is 1.